The summed E-state index contributed by atoms with van der Waals surface area (Å²) in [5.41, 5.74) is 1.83. The van der Waals surface area contributed by atoms with E-state index in [1.165, 1.54) is 31.2 Å². The van der Waals surface area contributed by atoms with Crippen molar-refractivity contribution in [2.45, 2.75) is 36.4 Å². The van der Waals surface area contributed by atoms with Crippen molar-refractivity contribution in [3.63, 3.8) is 0 Å². The molecule has 2 amide bonds. The smallest absolute Gasteiger partial charge is 0.242 e. The van der Waals surface area contributed by atoms with Gasteiger partial charge in [0, 0.05) is 0 Å². The van der Waals surface area contributed by atoms with Crippen molar-refractivity contribution >= 4 is 21.8 Å². The van der Waals surface area contributed by atoms with E-state index >= 15 is 0 Å². The van der Waals surface area contributed by atoms with Crippen molar-refractivity contribution in [3.05, 3.63) is 125 Å². The summed E-state index contributed by atoms with van der Waals surface area (Å²) in [6.45, 7) is 1.67. The number of nitrogens with one attached hydrogen (secondary N) is 1. The van der Waals surface area contributed by atoms with Gasteiger partial charge in [-0.05, 0) is 84.3 Å². The minimum atomic E-state index is -4.21. The lowest BCUT2D eigenvalue weighted by Crippen LogP contribution is -2.49. The molecule has 4 aromatic carbocycles. The summed E-state index contributed by atoms with van der Waals surface area (Å²) >= 11 is 0. The number of methoxy groups -OCH3 is 1. The molecule has 3 atom stereocenters. The average Bonchev–Trinajstić information content (AvgIpc) is 3.26. The number of carbonyl (C=O) groups is 2. The van der Waals surface area contributed by atoms with E-state index < -0.39 is 51.5 Å². The highest BCUT2D eigenvalue weighted by Gasteiger charge is 2.51. The standard InChI is InChI=1S/C32H28F2N2O6S/c1-20(35-43(39,40)28-17-11-25(34)12-18-28)36-31(37)29(22-5-9-24(33)10-6-22)30(32(36)38)23-7-15-27(16-8-23)42-19-21-3-13-26(41-2)14-4-21/h3-18,20,29-30,35H,19H2,1-2H3. The van der Waals surface area contributed by atoms with Crippen LogP contribution in [0.15, 0.2) is 102 Å². The highest BCUT2D eigenvalue weighted by Crippen LogP contribution is 2.43. The van der Waals surface area contributed by atoms with Crippen molar-refractivity contribution in [1.29, 1.82) is 0 Å². The van der Waals surface area contributed by atoms with Gasteiger partial charge in [-0.25, -0.2) is 17.2 Å². The van der Waals surface area contributed by atoms with Crippen LogP contribution in [0.2, 0.25) is 0 Å². The molecule has 1 heterocycles. The number of halogens is 2. The summed E-state index contributed by atoms with van der Waals surface area (Å²) in [5, 5.41) is 0. The van der Waals surface area contributed by atoms with Gasteiger partial charge in [-0.15, -0.1) is 0 Å². The highest BCUT2D eigenvalue weighted by molar-refractivity contribution is 7.89. The molecule has 0 radical (unpaired) electrons. The molecule has 8 nitrogen and oxygen atoms in total. The van der Waals surface area contributed by atoms with E-state index in [4.69, 9.17) is 9.47 Å². The number of likely N-dealkylation sites (tertiary alicyclic amines) is 1. The van der Waals surface area contributed by atoms with E-state index in [9.17, 15) is 26.8 Å². The Morgan fingerprint density at radius 3 is 1.72 bits per heavy atom. The number of hydrogen-bond acceptors (Lipinski definition) is 6. The normalized spacial score (nSPS) is 17.6. The van der Waals surface area contributed by atoms with Crippen LogP contribution in [0.4, 0.5) is 8.78 Å². The number of ether oxygens (including phenoxy) is 2. The van der Waals surface area contributed by atoms with Crippen LogP contribution in [-0.2, 0) is 26.2 Å². The van der Waals surface area contributed by atoms with Crippen LogP contribution in [0.5, 0.6) is 11.5 Å². The van der Waals surface area contributed by atoms with E-state index in [1.54, 1.807) is 31.4 Å². The summed E-state index contributed by atoms with van der Waals surface area (Å²) < 4.78 is 66.4. The van der Waals surface area contributed by atoms with Gasteiger partial charge in [0.2, 0.25) is 21.8 Å². The predicted molar refractivity (Wildman–Crippen MR) is 154 cm³/mol. The lowest BCUT2D eigenvalue weighted by atomic mass is 9.83. The molecule has 3 unspecified atom stereocenters. The molecule has 11 heteroatoms. The lowest BCUT2D eigenvalue weighted by molar-refractivity contribution is -0.141. The first-order valence-electron chi connectivity index (χ1n) is 13.3. The number of sulfonamides is 1. The van der Waals surface area contributed by atoms with E-state index in [2.05, 4.69) is 4.72 Å². The maximum absolute atomic E-state index is 13.8. The van der Waals surface area contributed by atoms with E-state index in [1.807, 2.05) is 24.3 Å². The summed E-state index contributed by atoms with van der Waals surface area (Å²) in [6, 6.07) is 23.5. The van der Waals surface area contributed by atoms with Crippen LogP contribution in [-0.4, -0.2) is 38.4 Å². The molecule has 1 aliphatic heterocycles. The SMILES string of the molecule is COc1ccc(COc2ccc(C3C(=O)N(C(C)NS(=O)(=O)c4ccc(F)cc4)C(=O)C3c3ccc(F)cc3)cc2)cc1. The zero-order valence-corrected chi connectivity index (χ0v) is 24.1. The predicted octanol–water partition coefficient (Wildman–Crippen LogP) is 5.11. The minimum Gasteiger partial charge on any atom is -0.497 e. The molecule has 0 aromatic heterocycles. The van der Waals surface area contributed by atoms with Crippen molar-refractivity contribution in [2.24, 2.45) is 0 Å². The maximum Gasteiger partial charge on any atom is 0.242 e. The third-order valence-corrected chi connectivity index (χ3v) is 8.75. The Balaban J connectivity index is 1.40. The highest BCUT2D eigenvalue weighted by atomic mass is 32.2. The van der Waals surface area contributed by atoms with Gasteiger partial charge >= 0.3 is 0 Å². The van der Waals surface area contributed by atoms with Crippen molar-refractivity contribution in [1.82, 2.24) is 9.62 Å². The first-order chi connectivity index (χ1) is 20.6. The number of hydrogen-bond donors (Lipinski definition) is 1. The quantitative estimate of drug-likeness (QED) is 0.252. The number of nitrogens with zero attached hydrogens (tertiary/aromatic N) is 1. The number of imide groups is 1. The van der Waals surface area contributed by atoms with E-state index in [-0.39, 0.29) is 4.90 Å². The van der Waals surface area contributed by atoms with Crippen LogP contribution in [0.3, 0.4) is 0 Å². The number of benzene rings is 4. The molecule has 0 bridgehead atoms. The molecule has 0 saturated carbocycles. The van der Waals surface area contributed by atoms with Crippen LogP contribution >= 0.6 is 0 Å². The van der Waals surface area contributed by atoms with Gasteiger partial charge in [0.15, 0.2) is 0 Å². The first-order valence-corrected chi connectivity index (χ1v) is 14.8. The largest absolute Gasteiger partial charge is 0.497 e. The van der Waals surface area contributed by atoms with Crippen molar-refractivity contribution < 1.29 is 36.3 Å². The van der Waals surface area contributed by atoms with Gasteiger partial charge in [-0.2, -0.15) is 4.72 Å². The molecule has 1 aliphatic rings. The fourth-order valence-corrected chi connectivity index (χ4v) is 6.22. The van der Waals surface area contributed by atoms with Gasteiger partial charge in [0.25, 0.3) is 0 Å². The number of rotatable bonds is 10. The Morgan fingerprint density at radius 2 is 1.21 bits per heavy atom. The third-order valence-electron chi connectivity index (χ3n) is 7.21. The molecular formula is C32H28F2N2O6S. The Bertz CT molecular complexity index is 1710. The first kappa shape index (κ1) is 29.9. The summed E-state index contributed by atoms with van der Waals surface area (Å²) in [6.07, 6.45) is -1.27. The molecule has 43 heavy (non-hydrogen) atoms. The molecule has 1 fully saturated rings. The molecule has 0 aliphatic carbocycles. The lowest BCUT2D eigenvalue weighted by Gasteiger charge is -2.24. The maximum atomic E-state index is 13.8. The monoisotopic (exact) mass is 606 g/mol. The third kappa shape index (κ3) is 6.42. The minimum absolute atomic E-state index is 0.225. The molecule has 0 spiro atoms. The van der Waals surface area contributed by atoms with Gasteiger partial charge in [0.1, 0.15) is 35.9 Å². The van der Waals surface area contributed by atoms with E-state index in [0.717, 1.165) is 40.5 Å². The van der Waals surface area contributed by atoms with Gasteiger partial charge in [-0.3, -0.25) is 14.5 Å². The topological polar surface area (TPSA) is 102 Å². The number of carbonyl (C=O) groups excluding carboxylic acids is 2. The second-order valence-corrected chi connectivity index (χ2v) is 11.7. The summed E-state index contributed by atoms with van der Waals surface area (Å²) in [4.78, 5) is 28.2. The van der Waals surface area contributed by atoms with E-state index in [0.29, 0.717) is 23.5 Å². The molecule has 1 saturated heterocycles. The van der Waals surface area contributed by atoms with Crippen LogP contribution in [0, 0.1) is 11.6 Å². The fraction of sp³-hybridized carbons (Fsp3) is 0.188. The molecule has 222 valence electrons. The molecule has 4 aromatic rings. The van der Waals surface area contributed by atoms with Gasteiger partial charge < -0.3 is 9.47 Å². The number of amides is 2. The van der Waals surface area contributed by atoms with Crippen molar-refractivity contribution in [3.8, 4) is 11.5 Å². The zero-order chi connectivity index (χ0) is 30.7. The Hall–Kier alpha value is -4.61. The van der Waals surface area contributed by atoms with Crippen molar-refractivity contribution in [2.75, 3.05) is 7.11 Å². The van der Waals surface area contributed by atoms with Gasteiger partial charge in [-0.1, -0.05) is 36.4 Å². The average molecular weight is 607 g/mol. The Labute approximate surface area is 247 Å². The zero-order valence-electron chi connectivity index (χ0n) is 23.2. The second-order valence-electron chi connectivity index (χ2n) is 10.0. The summed E-state index contributed by atoms with van der Waals surface area (Å²) in [7, 11) is -2.62. The Morgan fingerprint density at radius 1 is 0.744 bits per heavy atom. The fourth-order valence-electron chi connectivity index (χ4n) is 5.03. The van der Waals surface area contributed by atoms with Gasteiger partial charge in [0.05, 0.1) is 23.8 Å². The molecule has 1 N–H and O–H groups in total. The Kier molecular flexibility index (Phi) is 8.56. The van der Waals surface area contributed by atoms with Crippen LogP contribution in [0.25, 0.3) is 0 Å². The summed E-state index contributed by atoms with van der Waals surface area (Å²) in [5.74, 6) is -3.16. The second kappa shape index (κ2) is 12.3. The molecule has 5 rings (SSSR count). The molecular weight excluding hydrogens is 578 g/mol. The van der Waals surface area contributed by atoms with Crippen LogP contribution < -0.4 is 14.2 Å². The van der Waals surface area contributed by atoms with Crippen LogP contribution in [0.1, 0.15) is 35.4 Å².